The van der Waals surface area contributed by atoms with Gasteiger partial charge in [0.1, 0.15) is 0 Å². The number of methoxy groups -OCH3 is 1. The summed E-state index contributed by atoms with van der Waals surface area (Å²) in [5.74, 6) is 0.0338. The van der Waals surface area contributed by atoms with E-state index in [1.807, 2.05) is 13.0 Å². The Bertz CT molecular complexity index is 1030. The average Bonchev–Trinajstić information content (AvgIpc) is 2.67. The zero-order chi connectivity index (χ0) is 19.4. The van der Waals surface area contributed by atoms with E-state index >= 15 is 0 Å². The summed E-state index contributed by atoms with van der Waals surface area (Å²) in [7, 11) is 1.55. The van der Waals surface area contributed by atoms with E-state index in [9.17, 15) is 9.90 Å². The minimum absolute atomic E-state index is 0.211. The third-order valence-corrected chi connectivity index (χ3v) is 4.23. The van der Waals surface area contributed by atoms with Crippen LogP contribution in [0.1, 0.15) is 28.5 Å². The second-order valence-electron chi connectivity index (χ2n) is 5.72. The number of aromatic nitrogens is 1. The normalized spacial score (nSPS) is 11.1. The van der Waals surface area contributed by atoms with Crippen LogP contribution in [0.4, 0.5) is 0 Å². The van der Waals surface area contributed by atoms with Gasteiger partial charge in [-0.3, -0.25) is 0 Å². The lowest BCUT2D eigenvalue weighted by Gasteiger charge is -2.12. The summed E-state index contributed by atoms with van der Waals surface area (Å²) >= 11 is 6.29. The maximum atomic E-state index is 11.6. The summed E-state index contributed by atoms with van der Waals surface area (Å²) in [6.07, 6.45) is 3.54. The van der Waals surface area contributed by atoms with Crippen molar-refractivity contribution in [3.63, 3.8) is 0 Å². The minimum Gasteiger partial charge on any atom is -0.493 e. The van der Waals surface area contributed by atoms with Gasteiger partial charge in [-0.15, -0.1) is 0 Å². The number of benzene rings is 2. The van der Waals surface area contributed by atoms with E-state index < -0.39 is 5.97 Å². The van der Waals surface area contributed by atoms with Crippen LogP contribution in [0.25, 0.3) is 23.1 Å². The van der Waals surface area contributed by atoms with Crippen molar-refractivity contribution >= 4 is 40.6 Å². The number of pyridine rings is 1. The summed E-state index contributed by atoms with van der Waals surface area (Å²) in [6, 6.07) is 12.3. The molecule has 0 aliphatic heterocycles. The molecule has 0 bridgehead atoms. The number of carboxylic acids is 1. The lowest BCUT2D eigenvalue weighted by Crippen LogP contribution is -2.00. The van der Waals surface area contributed by atoms with Gasteiger partial charge in [0.2, 0.25) is 0 Å². The van der Waals surface area contributed by atoms with Crippen LogP contribution in [0.5, 0.6) is 11.5 Å². The van der Waals surface area contributed by atoms with E-state index in [1.165, 1.54) is 0 Å². The fraction of sp³-hybridized carbons (Fsp3) is 0.143. The number of fused-ring (bicyclic) bond motifs is 1. The van der Waals surface area contributed by atoms with Gasteiger partial charge in [-0.1, -0.05) is 35.9 Å². The molecule has 27 heavy (non-hydrogen) atoms. The summed E-state index contributed by atoms with van der Waals surface area (Å²) in [4.78, 5) is 16.1. The monoisotopic (exact) mass is 383 g/mol. The van der Waals surface area contributed by atoms with Gasteiger partial charge in [0.05, 0.1) is 35.5 Å². The van der Waals surface area contributed by atoms with Crippen molar-refractivity contribution in [1.29, 1.82) is 0 Å². The largest absolute Gasteiger partial charge is 0.493 e. The topological polar surface area (TPSA) is 68.7 Å². The Labute approximate surface area is 161 Å². The molecule has 3 aromatic rings. The van der Waals surface area contributed by atoms with Crippen molar-refractivity contribution < 1.29 is 19.4 Å². The Morgan fingerprint density at radius 3 is 2.70 bits per heavy atom. The number of aromatic carboxylic acids is 1. The van der Waals surface area contributed by atoms with Gasteiger partial charge in [-0.2, -0.15) is 0 Å². The molecule has 2 aromatic carbocycles. The Kier molecular flexibility index (Phi) is 5.62. The zero-order valence-corrected chi connectivity index (χ0v) is 15.7. The number of rotatable bonds is 6. The molecule has 0 unspecified atom stereocenters. The first-order valence-electron chi connectivity index (χ1n) is 8.35. The van der Waals surface area contributed by atoms with E-state index in [4.69, 9.17) is 21.1 Å². The SMILES string of the molecule is CCOc1c(Cl)cc(C=Cc2cc(C(=O)O)c3ccccc3n2)cc1OC. The van der Waals surface area contributed by atoms with Crippen molar-refractivity contribution in [1.82, 2.24) is 4.98 Å². The van der Waals surface area contributed by atoms with Crippen LogP contribution in [0.15, 0.2) is 42.5 Å². The van der Waals surface area contributed by atoms with Crippen LogP contribution < -0.4 is 9.47 Å². The van der Waals surface area contributed by atoms with Crippen molar-refractivity contribution in [3.05, 3.63) is 64.3 Å². The van der Waals surface area contributed by atoms with E-state index in [2.05, 4.69) is 4.98 Å². The van der Waals surface area contributed by atoms with Gasteiger partial charge < -0.3 is 14.6 Å². The summed E-state index contributed by atoms with van der Waals surface area (Å²) in [5, 5.41) is 10.5. The Hall–Kier alpha value is -3.05. The molecule has 138 valence electrons. The summed E-state index contributed by atoms with van der Waals surface area (Å²) in [5.41, 5.74) is 2.16. The number of hydrogen-bond acceptors (Lipinski definition) is 4. The fourth-order valence-corrected chi connectivity index (χ4v) is 3.03. The molecule has 0 radical (unpaired) electrons. The zero-order valence-electron chi connectivity index (χ0n) is 14.9. The van der Waals surface area contributed by atoms with Crippen LogP contribution in [0.3, 0.4) is 0 Å². The fourth-order valence-electron chi connectivity index (χ4n) is 2.76. The third kappa shape index (κ3) is 4.04. The van der Waals surface area contributed by atoms with Gasteiger partial charge in [0.25, 0.3) is 0 Å². The third-order valence-electron chi connectivity index (χ3n) is 3.95. The van der Waals surface area contributed by atoms with Gasteiger partial charge in [-0.25, -0.2) is 9.78 Å². The lowest BCUT2D eigenvalue weighted by atomic mass is 10.1. The van der Waals surface area contributed by atoms with E-state index in [0.717, 1.165) is 5.56 Å². The molecular formula is C21H18ClNO4. The number of hydrogen-bond donors (Lipinski definition) is 1. The quantitative estimate of drug-likeness (QED) is 0.636. The van der Waals surface area contributed by atoms with Crippen molar-refractivity contribution in [2.75, 3.05) is 13.7 Å². The maximum absolute atomic E-state index is 11.6. The second-order valence-corrected chi connectivity index (χ2v) is 6.12. The van der Waals surface area contributed by atoms with Gasteiger partial charge in [-0.05, 0) is 42.8 Å². The molecule has 0 spiro atoms. The molecule has 0 saturated carbocycles. The van der Waals surface area contributed by atoms with Crippen LogP contribution in [-0.4, -0.2) is 29.8 Å². The van der Waals surface area contributed by atoms with Gasteiger partial charge >= 0.3 is 5.97 Å². The molecule has 6 heteroatoms. The molecule has 0 amide bonds. The van der Waals surface area contributed by atoms with Gasteiger partial charge in [0, 0.05) is 5.39 Å². The van der Waals surface area contributed by atoms with E-state index in [-0.39, 0.29) is 5.56 Å². The smallest absolute Gasteiger partial charge is 0.336 e. The molecule has 1 heterocycles. The maximum Gasteiger partial charge on any atom is 0.336 e. The molecular weight excluding hydrogens is 366 g/mol. The van der Waals surface area contributed by atoms with Crippen LogP contribution in [0.2, 0.25) is 5.02 Å². The number of halogens is 1. The first-order chi connectivity index (χ1) is 13.0. The molecule has 0 saturated heterocycles. The van der Waals surface area contributed by atoms with Gasteiger partial charge in [0.15, 0.2) is 11.5 Å². The molecule has 0 aliphatic carbocycles. The Morgan fingerprint density at radius 1 is 1.22 bits per heavy atom. The highest BCUT2D eigenvalue weighted by Gasteiger charge is 2.12. The van der Waals surface area contributed by atoms with Crippen LogP contribution >= 0.6 is 11.6 Å². The number of ether oxygens (including phenoxy) is 2. The van der Waals surface area contributed by atoms with E-state index in [1.54, 1.807) is 55.7 Å². The van der Waals surface area contributed by atoms with Crippen molar-refractivity contribution in [2.24, 2.45) is 0 Å². The van der Waals surface area contributed by atoms with E-state index in [0.29, 0.717) is 39.7 Å². The number of carbonyl (C=O) groups is 1. The number of para-hydroxylation sites is 1. The molecule has 5 nitrogen and oxygen atoms in total. The Morgan fingerprint density at radius 2 is 2.00 bits per heavy atom. The standard InChI is InChI=1S/C21H18ClNO4/c1-3-27-20-17(22)10-13(11-19(20)26-2)8-9-14-12-16(21(24)25)15-6-4-5-7-18(15)23-14/h4-12H,3H2,1-2H3,(H,24,25). The molecule has 0 fully saturated rings. The molecule has 0 aliphatic rings. The minimum atomic E-state index is -0.992. The molecule has 0 atom stereocenters. The highest BCUT2D eigenvalue weighted by molar-refractivity contribution is 6.32. The highest BCUT2D eigenvalue weighted by atomic mass is 35.5. The predicted octanol–water partition coefficient (Wildman–Crippen LogP) is 5.16. The number of nitrogens with zero attached hydrogens (tertiary/aromatic N) is 1. The highest BCUT2D eigenvalue weighted by Crippen LogP contribution is 2.37. The molecule has 1 aromatic heterocycles. The predicted molar refractivity (Wildman–Crippen MR) is 107 cm³/mol. The number of carboxylic acid groups (broad SMARTS) is 1. The molecule has 3 rings (SSSR count). The van der Waals surface area contributed by atoms with Crippen molar-refractivity contribution in [3.8, 4) is 11.5 Å². The average molecular weight is 384 g/mol. The lowest BCUT2D eigenvalue weighted by molar-refractivity contribution is 0.0699. The van der Waals surface area contributed by atoms with Crippen molar-refractivity contribution in [2.45, 2.75) is 6.92 Å². The molecule has 1 N–H and O–H groups in total. The summed E-state index contributed by atoms with van der Waals surface area (Å²) in [6.45, 7) is 2.35. The second kappa shape index (κ2) is 8.10. The first-order valence-corrected chi connectivity index (χ1v) is 8.72. The first kappa shape index (κ1) is 18.7. The van der Waals surface area contributed by atoms with Crippen LogP contribution in [-0.2, 0) is 0 Å². The Balaban J connectivity index is 2.01. The summed E-state index contributed by atoms with van der Waals surface area (Å²) < 4.78 is 10.9. The van der Waals surface area contributed by atoms with Crippen LogP contribution in [0, 0.1) is 0 Å².